The fraction of sp³-hybridized carbons (Fsp3) is 0.364. The van der Waals surface area contributed by atoms with Crippen LogP contribution in [0.15, 0.2) is 54.6 Å². The molecule has 0 N–H and O–H groups in total. The molecule has 0 spiro atoms. The molecule has 1 unspecified atom stereocenters. The maximum Gasteiger partial charge on any atom is 0.222 e. The monoisotopic (exact) mass is 369 g/mol. The summed E-state index contributed by atoms with van der Waals surface area (Å²) in [5, 5.41) is 0. The minimum absolute atomic E-state index is 0.00551. The van der Waals surface area contributed by atoms with E-state index >= 15 is 0 Å². The van der Waals surface area contributed by atoms with Crippen molar-refractivity contribution in [1.29, 1.82) is 0 Å². The summed E-state index contributed by atoms with van der Waals surface area (Å²) in [6.45, 7) is 1.32. The normalized spacial score (nSPS) is 16.8. The van der Waals surface area contributed by atoms with E-state index in [9.17, 15) is 14.0 Å². The van der Waals surface area contributed by atoms with Gasteiger partial charge in [-0.05, 0) is 55.7 Å². The summed E-state index contributed by atoms with van der Waals surface area (Å²) in [4.78, 5) is 26.4. The van der Waals surface area contributed by atoms with Gasteiger partial charge in [-0.15, -0.1) is 0 Å². The second-order valence-electron chi connectivity index (χ2n) is 6.82. The number of rotatable bonds is 7. The SMILES string of the molecule is O=C(CCCC(=O)N1CCCC(Oc2ccccc2)C1)c1ccc(F)cc1. The second kappa shape index (κ2) is 9.31. The molecule has 1 saturated heterocycles. The molecule has 5 heteroatoms. The Balaban J connectivity index is 1.43. The van der Waals surface area contributed by atoms with Crippen LogP contribution in [0.2, 0.25) is 0 Å². The summed E-state index contributed by atoms with van der Waals surface area (Å²) in [6.07, 6.45) is 2.97. The van der Waals surface area contributed by atoms with E-state index in [1.54, 1.807) is 0 Å². The molecule has 1 atom stereocenters. The van der Waals surface area contributed by atoms with Gasteiger partial charge in [-0.3, -0.25) is 9.59 Å². The van der Waals surface area contributed by atoms with Gasteiger partial charge in [-0.25, -0.2) is 4.39 Å². The lowest BCUT2D eigenvalue weighted by atomic mass is 10.0. The Morgan fingerprint density at radius 1 is 1.04 bits per heavy atom. The number of piperidine rings is 1. The molecular formula is C22H24FNO3. The molecule has 1 fully saturated rings. The van der Waals surface area contributed by atoms with Gasteiger partial charge in [-0.1, -0.05) is 18.2 Å². The van der Waals surface area contributed by atoms with E-state index < -0.39 is 0 Å². The number of halogens is 1. The van der Waals surface area contributed by atoms with Crippen LogP contribution in [-0.4, -0.2) is 35.8 Å². The number of nitrogens with zero attached hydrogens (tertiary/aromatic N) is 1. The molecule has 0 saturated carbocycles. The molecule has 0 radical (unpaired) electrons. The number of amides is 1. The van der Waals surface area contributed by atoms with E-state index in [1.165, 1.54) is 24.3 Å². The molecule has 3 rings (SSSR count). The van der Waals surface area contributed by atoms with Crippen molar-refractivity contribution in [3.63, 3.8) is 0 Å². The molecule has 1 aliphatic heterocycles. The fourth-order valence-electron chi connectivity index (χ4n) is 3.29. The lowest BCUT2D eigenvalue weighted by Crippen LogP contribution is -2.44. The number of hydrogen-bond donors (Lipinski definition) is 0. The van der Waals surface area contributed by atoms with Crippen LogP contribution < -0.4 is 4.74 Å². The van der Waals surface area contributed by atoms with Gasteiger partial charge in [0.2, 0.25) is 5.91 Å². The van der Waals surface area contributed by atoms with E-state index in [2.05, 4.69) is 0 Å². The average Bonchev–Trinajstić information content (AvgIpc) is 2.69. The fourth-order valence-corrected chi connectivity index (χ4v) is 3.29. The van der Waals surface area contributed by atoms with Gasteiger partial charge in [-0.2, -0.15) is 0 Å². The van der Waals surface area contributed by atoms with Gasteiger partial charge in [0.1, 0.15) is 17.7 Å². The van der Waals surface area contributed by atoms with E-state index in [0.717, 1.165) is 25.1 Å². The molecule has 4 nitrogen and oxygen atoms in total. The number of carbonyl (C=O) groups excluding carboxylic acids is 2. The summed E-state index contributed by atoms with van der Waals surface area (Å²) in [5.74, 6) is 0.454. The largest absolute Gasteiger partial charge is 0.489 e. The quantitative estimate of drug-likeness (QED) is 0.686. The first-order chi connectivity index (χ1) is 13.1. The highest BCUT2D eigenvalue weighted by Crippen LogP contribution is 2.19. The van der Waals surface area contributed by atoms with Crippen LogP contribution in [0.25, 0.3) is 0 Å². The highest BCUT2D eigenvalue weighted by atomic mass is 19.1. The van der Waals surface area contributed by atoms with Gasteiger partial charge < -0.3 is 9.64 Å². The first-order valence-corrected chi connectivity index (χ1v) is 9.40. The van der Waals surface area contributed by atoms with Gasteiger partial charge in [0.05, 0.1) is 6.54 Å². The van der Waals surface area contributed by atoms with Crippen LogP contribution in [0.1, 0.15) is 42.5 Å². The zero-order valence-electron chi connectivity index (χ0n) is 15.3. The first kappa shape index (κ1) is 19.1. The number of hydrogen-bond acceptors (Lipinski definition) is 3. The highest BCUT2D eigenvalue weighted by Gasteiger charge is 2.24. The maximum absolute atomic E-state index is 12.9. The Morgan fingerprint density at radius 2 is 1.78 bits per heavy atom. The van der Waals surface area contributed by atoms with Crippen molar-refractivity contribution >= 4 is 11.7 Å². The molecule has 1 aliphatic rings. The summed E-state index contributed by atoms with van der Waals surface area (Å²) in [6, 6.07) is 15.2. The smallest absolute Gasteiger partial charge is 0.222 e. The highest BCUT2D eigenvalue weighted by molar-refractivity contribution is 5.96. The third-order valence-corrected chi connectivity index (χ3v) is 4.74. The molecule has 2 aromatic rings. The Labute approximate surface area is 158 Å². The molecule has 0 aliphatic carbocycles. The average molecular weight is 369 g/mol. The van der Waals surface area contributed by atoms with Gasteiger partial charge in [0.15, 0.2) is 5.78 Å². The summed E-state index contributed by atoms with van der Waals surface area (Å²) in [7, 11) is 0. The number of para-hydroxylation sites is 1. The van der Waals surface area contributed by atoms with Gasteiger partial charge >= 0.3 is 0 Å². The number of carbonyl (C=O) groups is 2. The van der Waals surface area contributed by atoms with Gasteiger partial charge in [0.25, 0.3) is 0 Å². The number of Topliss-reactive ketones (excluding diaryl/α,β-unsaturated/α-hetero) is 1. The van der Waals surface area contributed by atoms with Crippen LogP contribution in [-0.2, 0) is 4.79 Å². The van der Waals surface area contributed by atoms with E-state index in [-0.39, 0.29) is 30.0 Å². The van der Waals surface area contributed by atoms with E-state index in [4.69, 9.17) is 4.74 Å². The van der Waals surface area contributed by atoms with E-state index in [0.29, 0.717) is 24.9 Å². The predicted octanol–water partition coefficient (Wildman–Crippen LogP) is 4.25. The van der Waals surface area contributed by atoms with Crippen LogP contribution in [0.5, 0.6) is 5.75 Å². The van der Waals surface area contributed by atoms with Crippen LogP contribution in [0, 0.1) is 5.82 Å². The molecule has 142 valence electrons. The molecular weight excluding hydrogens is 345 g/mol. The number of benzene rings is 2. The van der Waals surface area contributed by atoms with Crippen molar-refractivity contribution in [2.45, 2.75) is 38.2 Å². The van der Waals surface area contributed by atoms with Crippen molar-refractivity contribution in [3.8, 4) is 5.75 Å². The minimum atomic E-state index is -0.362. The standard InChI is InChI=1S/C22H24FNO3/c23-18-13-11-17(12-14-18)21(25)9-4-10-22(26)24-15-5-8-20(16-24)27-19-6-2-1-3-7-19/h1-3,6-7,11-14,20H,4-5,8-10,15-16H2. The maximum atomic E-state index is 12.9. The van der Waals surface area contributed by atoms with Crippen LogP contribution in [0.3, 0.4) is 0 Å². The summed E-state index contributed by atoms with van der Waals surface area (Å²) in [5.41, 5.74) is 0.484. The Kier molecular flexibility index (Phi) is 6.58. The van der Waals surface area contributed by atoms with Crippen molar-refractivity contribution in [2.24, 2.45) is 0 Å². The molecule has 2 aromatic carbocycles. The molecule has 1 amide bonds. The van der Waals surface area contributed by atoms with Crippen molar-refractivity contribution < 1.29 is 18.7 Å². The van der Waals surface area contributed by atoms with Gasteiger partial charge in [0, 0.05) is 24.9 Å². The molecule has 0 bridgehead atoms. The predicted molar refractivity (Wildman–Crippen MR) is 101 cm³/mol. The summed E-state index contributed by atoms with van der Waals surface area (Å²) < 4.78 is 18.9. The lowest BCUT2D eigenvalue weighted by Gasteiger charge is -2.33. The Morgan fingerprint density at radius 3 is 2.52 bits per heavy atom. The number of ether oxygens (including phenoxy) is 1. The Bertz CT molecular complexity index is 761. The lowest BCUT2D eigenvalue weighted by molar-refractivity contribution is -0.133. The Hall–Kier alpha value is -2.69. The van der Waals surface area contributed by atoms with Crippen molar-refractivity contribution in [1.82, 2.24) is 4.90 Å². The number of likely N-dealkylation sites (tertiary alicyclic amines) is 1. The minimum Gasteiger partial charge on any atom is -0.489 e. The van der Waals surface area contributed by atoms with Crippen LogP contribution >= 0.6 is 0 Å². The van der Waals surface area contributed by atoms with Crippen molar-refractivity contribution in [2.75, 3.05) is 13.1 Å². The topological polar surface area (TPSA) is 46.6 Å². The summed E-state index contributed by atoms with van der Waals surface area (Å²) >= 11 is 0. The zero-order chi connectivity index (χ0) is 19.1. The first-order valence-electron chi connectivity index (χ1n) is 9.40. The van der Waals surface area contributed by atoms with Crippen LogP contribution in [0.4, 0.5) is 4.39 Å². The zero-order valence-corrected chi connectivity index (χ0v) is 15.3. The number of ketones is 1. The van der Waals surface area contributed by atoms with Crippen molar-refractivity contribution in [3.05, 3.63) is 66.0 Å². The molecule has 1 heterocycles. The third kappa shape index (κ3) is 5.64. The molecule has 27 heavy (non-hydrogen) atoms. The second-order valence-corrected chi connectivity index (χ2v) is 6.82. The molecule has 0 aromatic heterocycles. The third-order valence-electron chi connectivity index (χ3n) is 4.74. The van der Waals surface area contributed by atoms with E-state index in [1.807, 2.05) is 35.2 Å².